The fourth-order valence-electron chi connectivity index (χ4n) is 0.993. The predicted octanol–water partition coefficient (Wildman–Crippen LogP) is 0.773. The molecule has 1 aliphatic heterocycles. The molecular weight excluding hydrogens is 114 g/mol. The summed E-state index contributed by atoms with van der Waals surface area (Å²) in [4.78, 5) is 0. The van der Waals surface area contributed by atoms with Gasteiger partial charge in [-0.3, -0.25) is 0 Å². The van der Waals surface area contributed by atoms with Crippen LogP contribution in [0.3, 0.4) is 0 Å². The molecular formula is C7H15NO. The van der Waals surface area contributed by atoms with Gasteiger partial charge in [-0.1, -0.05) is 6.92 Å². The van der Waals surface area contributed by atoms with Gasteiger partial charge in [-0.15, -0.1) is 0 Å². The largest absolute Gasteiger partial charge is 0.376 e. The number of morpholine rings is 1. The number of hydrogen-bond acceptors (Lipinski definition) is 2. The van der Waals surface area contributed by atoms with Crippen molar-refractivity contribution in [3.8, 4) is 0 Å². The molecule has 1 aliphatic rings. The summed E-state index contributed by atoms with van der Waals surface area (Å²) in [5.74, 6) is 0. The van der Waals surface area contributed by atoms with Crippen molar-refractivity contribution < 1.29 is 4.74 Å². The molecule has 1 heterocycles. The Morgan fingerprint density at radius 1 is 1.67 bits per heavy atom. The molecule has 1 saturated heterocycles. The zero-order valence-electron chi connectivity index (χ0n) is 6.18. The molecule has 54 valence electrons. The summed E-state index contributed by atoms with van der Waals surface area (Å²) in [5, 5.41) is 3.39. The van der Waals surface area contributed by atoms with Gasteiger partial charge in [0.15, 0.2) is 0 Å². The van der Waals surface area contributed by atoms with Crippen molar-refractivity contribution in [1.29, 1.82) is 0 Å². The number of rotatable bonds is 1. The lowest BCUT2D eigenvalue weighted by molar-refractivity contribution is 0.0146. The van der Waals surface area contributed by atoms with Crippen LogP contribution < -0.4 is 5.32 Å². The molecule has 2 atom stereocenters. The molecule has 1 fully saturated rings. The maximum atomic E-state index is 5.42. The molecule has 0 aliphatic carbocycles. The minimum atomic E-state index is 0.410. The van der Waals surface area contributed by atoms with E-state index in [1.54, 1.807) is 0 Å². The zero-order valence-corrected chi connectivity index (χ0v) is 6.18. The van der Waals surface area contributed by atoms with Gasteiger partial charge in [0, 0.05) is 12.6 Å². The first-order chi connectivity index (χ1) is 4.33. The molecule has 0 aromatic heterocycles. The monoisotopic (exact) mass is 129 g/mol. The third kappa shape index (κ3) is 1.95. The van der Waals surface area contributed by atoms with Crippen LogP contribution in [0, 0.1) is 0 Å². The summed E-state index contributed by atoms with van der Waals surface area (Å²) < 4.78 is 5.42. The SMILES string of the molecule is CC[C@H]1CO[C@H](C)CN1. The van der Waals surface area contributed by atoms with Gasteiger partial charge in [0.2, 0.25) is 0 Å². The summed E-state index contributed by atoms with van der Waals surface area (Å²) in [6.45, 7) is 6.17. The number of ether oxygens (including phenoxy) is 1. The molecule has 0 unspecified atom stereocenters. The van der Waals surface area contributed by atoms with E-state index in [1.807, 2.05) is 0 Å². The van der Waals surface area contributed by atoms with Gasteiger partial charge in [0.1, 0.15) is 0 Å². The van der Waals surface area contributed by atoms with E-state index in [9.17, 15) is 0 Å². The number of hydrogen-bond donors (Lipinski definition) is 1. The van der Waals surface area contributed by atoms with E-state index in [0.717, 1.165) is 13.2 Å². The molecule has 0 radical (unpaired) electrons. The van der Waals surface area contributed by atoms with Gasteiger partial charge < -0.3 is 10.1 Å². The first-order valence-corrected chi connectivity index (χ1v) is 3.68. The summed E-state index contributed by atoms with van der Waals surface area (Å²) in [6.07, 6.45) is 1.58. The molecule has 1 N–H and O–H groups in total. The standard InChI is InChI=1S/C7H15NO/c1-3-7-5-9-6(2)4-8-7/h6-8H,3-5H2,1-2H3/t6-,7+/m1/s1. The Morgan fingerprint density at radius 2 is 2.44 bits per heavy atom. The highest BCUT2D eigenvalue weighted by atomic mass is 16.5. The van der Waals surface area contributed by atoms with Gasteiger partial charge in [-0.25, -0.2) is 0 Å². The number of nitrogens with one attached hydrogen (secondary N) is 1. The summed E-state index contributed by atoms with van der Waals surface area (Å²) in [7, 11) is 0. The third-order valence-corrected chi connectivity index (χ3v) is 1.77. The van der Waals surface area contributed by atoms with E-state index in [4.69, 9.17) is 4.74 Å². The van der Waals surface area contributed by atoms with Gasteiger partial charge in [0.25, 0.3) is 0 Å². The van der Waals surface area contributed by atoms with Gasteiger partial charge in [-0.05, 0) is 13.3 Å². The topological polar surface area (TPSA) is 21.3 Å². The average molecular weight is 129 g/mol. The van der Waals surface area contributed by atoms with Crippen LogP contribution in [0.2, 0.25) is 0 Å². The molecule has 0 aromatic carbocycles. The summed E-state index contributed by atoms with van der Waals surface area (Å²) in [6, 6.07) is 0.598. The fourth-order valence-corrected chi connectivity index (χ4v) is 0.993. The van der Waals surface area contributed by atoms with Crippen LogP contribution >= 0.6 is 0 Å². The molecule has 1 rings (SSSR count). The van der Waals surface area contributed by atoms with Crippen molar-refractivity contribution in [3.05, 3.63) is 0 Å². The Labute approximate surface area is 56.6 Å². The lowest BCUT2D eigenvalue weighted by Crippen LogP contribution is -2.44. The second kappa shape index (κ2) is 3.18. The van der Waals surface area contributed by atoms with Crippen LogP contribution in [-0.4, -0.2) is 25.3 Å². The smallest absolute Gasteiger partial charge is 0.0672 e. The molecule has 0 saturated carbocycles. The maximum absolute atomic E-state index is 5.42. The maximum Gasteiger partial charge on any atom is 0.0672 e. The normalized spacial score (nSPS) is 36.7. The Hall–Kier alpha value is -0.0800. The summed E-state index contributed by atoms with van der Waals surface area (Å²) in [5.41, 5.74) is 0. The van der Waals surface area contributed by atoms with Crippen molar-refractivity contribution in [2.45, 2.75) is 32.4 Å². The Kier molecular flexibility index (Phi) is 2.49. The van der Waals surface area contributed by atoms with Crippen molar-refractivity contribution in [2.75, 3.05) is 13.2 Å². The minimum Gasteiger partial charge on any atom is -0.376 e. The highest BCUT2D eigenvalue weighted by molar-refractivity contribution is 4.71. The molecule has 0 spiro atoms. The molecule has 0 amide bonds. The quantitative estimate of drug-likeness (QED) is 0.564. The first-order valence-electron chi connectivity index (χ1n) is 3.68. The molecule has 2 heteroatoms. The highest BCUT2D eigenvalue weighted by Gasteiger charge is 2.14. The van der Waals surface area contributed by atoms with E-state index < -0.39 is 0 Å². The Bertz CT molecular complexity index is 77.0. The van der Waals surface area contributed by atoms with Gasteiger partial charge >= 0.3 is 0 Å². The third-order valence-electron chi connectivity index (χ3n) is 1.77. The van der Waals surface area contributed by atoms with Crippen molar-refractivity contribution in [3.63, 3.8) is 0 Å². The second-order valence-corrected chi connectivity index (χ2v) is 2.66. The minimum absolute atomic E-state index is 0.410. The van der Waals surface area contributed by atoms with E-state index in [-0.39, 0.29) is 0 Å². The lowest BCUT2D eigenvalue weighted by Gasteiger charge is -2.27. The lowest BCUT2D eigenvalue weighted by atomic mass is 10.2. The van der Waals surface area contributed by atoms with Crippen LogP contribution in [0.1, 0.15) is 20.3 Å². The molecule has 9 heavy (non-hydrogen) atoms. The van der Waals surface area contributed by atoms with Crippen molar-refractivity contribution in [2.24, 2.45) is 0 Å². The molecule has 0 aromatic rings. The highest BCUT2D eigenvalue weighted by Crippen LogP contribution is 2.01. The summed E-state index contributed by atoms with van der Waals surface area (Å²) >= 11 is 0. The van der Waals surface area contributed by atoms with Crippen molar-refractivity contribution >= 4 is 0 Å². The predicted molar refractivity (Wildman–Crippen MR) is 37.5 cm³/mol. The average Bonchev–Trinajstić information content (AvgIpc) is 1.90. The second-order valence-electron chi connectivity index (χ2n) is 2.66. The van der Waals surface area contributed by atoms with Crippen LogP contribution in [0.15, 0.2) is 0 Å². The van der Waals surface area contributed by atoms with Crippen LogP contribution in [-0.2, 0) is 4.74 Å². The van der Waals surface area contributed by atoms with Gasteiger partial charge in [0.05, 0.1) is 12.7 Å². The fraction of sp³-hybridized carbons (Fsp3) is 1.00. The van der Waals surface area contributed by atoms with Crippen LogP contribution in [0.5, 0.6) is 0 Å². The van der Waals surface area contributed by atoms with E-state index >= 15 is 0 Å². The molecule has 0 bridgehead atoms. The van der Waals surface area contributed by atoms with Crippen LogP contribution in [0.25, 0.3) is 0 Å². The first kappa shape index (κ1) is 7.03. The Morgan fingerprint density at radius 3 is 2.89 bits per heavy atom. The van der Waals surface area contributed by atoms with E-state index in [1.165, 1.54) is 6.42 Å². The van der Waals surface area contributed by atoms with Crippen molar-refractivity contribution in [1.82, 2.24) is 5.32 Å². The van der Waals surface area contributed by atoms with Crippen LogP contribution in [0.4, 0.5) is 0 Å². The molecule has 2 nitrogen and oxygen atoms in total. The van der Waals surface area contributed by atoms with Gasteiger partial charge in [-0.2, -0.15) is 0 Å². The Balaban J connectivity index is 2.18. The zero-order chi connectivity index (χ0) is 6.69. The van der Waals surface area contributed by atoms with E-state index in [2.05, 4.69) is 19.2 Å². The van der Waals surface area contributed by atoms with E-state index in [0.29, 0.717) is 12.1 Å².